The number of fused-ring (bicyclic) bond motifs is 9. The highest BCUT2D eigenvalue weighted by molar-refractivity contribution is 6.18. The predicted molar refractivity (Wildman–Crippen MR) is 232 cm³/mol. The van der Waals surface area contributed by atoms with Crippen LogP contribution >= 0.6 is 0 Å². The Morgan fingerprint density at radius 1 is 0.298 bits per heavy atom. The molecule has 266 valence electrons. The lowest BCUT2D eigenvalue weighted by Gasteiger charge is -2.18. The molecule has 0 spiro atoms. The molecule has 0 saturated heterocycles. The van der Waals surface area contributed by atoms with Gasteiger partial charge in [-0.2, -0.15) is 0 Å². The number of benzene rings is 8. The summed E-state index contributed by atoms with van der Waals surface area (Å²) in [7, 11) is 0. The van der Waals surface area contributed by atoms with Crippen molar-refractivity contribution in [1.82, 2.24) is 24.1 Å². The van der Waals surface area contributed by atoms with Gasteiger partial charge in [-0.1, -0.05) is 133 Å². The first-order chi connectivity index (χ1) is 28.3. The second kappa shape index (κ2) is 12.3. The maximum Gasteiger partial charge on any atom is 0.164 e. The zero-order valence-electron chi connectivity index (χ0n) is 30.5. The second-order valence-corrected chi connectivity index (χ2v) is 14.4. The third kappa shape index (κ3) is 4.87. The molecular formula is C51H31N5O. The molecule has 0 unspecified atom stereocenters. The number of para-hydroxylation sites is 4. The molecule has 0 atom stereocenters. The summed E-state index contributed by atoms with van der Waals surface area (Å²) >= 11 is 0. The fraction of sp³-hybridized carbons (Fsp3) is 0. The lowest BCUT2D eigenvalue weighted by atomic mass is 10.1. The maximum absolute atomic E-state index is 6.50. The molecule has 12 aromatic rings. The highest BCUT2D eigenvalue weighted by Crippen LogP contribution is 2.42. The quantitative estimate of drug-likeness (QED) is 0.177. The van der Waals surface area contributed by atoms with Gasteiger partial charge in [-0.25, -0.2) is 15.0 Å². The van der Waals surface area contributed by atoms with Crippen LogP contribution < -0.4 is 0 Å². The minimum atomic E-state index is 0.600. The standard InChI is InChI=1S/C51H31N5O/c1-3-15-32(16-4-1)49-52-50(33-17-5-2-6-18-33)54-51(53-49)34-27-28-44(46(29-34)55-41-23-11-7-19-35(41)36-20-8-12-24-42(36)55)56-43-25-13-9-21-37(43)39-30-40-38-22-10-14-26-47(38)57-48(40)31-45(39)56/h1-31H. The van der Waals surface area contributed by atoms with E-state index in [-0.39, 0.29) is 0 Å². The first-order valence-corrected chi connectivity index (χ1v) is 19.1. The van der Waals surface area contributed by atoms with Crippen molar-refractivity contribution in [3.8, 4) is 45.5 Å². The van der Waals surface area contributed by atoms with E-state index in [1.54, 1.807) is 0 Å². The van der Waals surface area contributed by atoms with Crippen LogP contribution in [0, 0.1) is 0 Å². The molecule has 0 aliphatic carbocycles. The van der Waals surface area contributed by atoms with Crippen LogP contribution in [0.1, 0.15) is 0 Å². The number of nitrogens with zero attached hydrogens (tertiary/aromatic N) is 5. The fourth-order valence-electron chi connectivity index (χ4n) is 8.60. The number of furan rings is 1. The first-order valence-electron chi connectivity index (χ1n) is 19.1. The van der Waals surface area contributed by atoms with Gasteiger partial charge in [0.25, 0.3) is 0 Å². The van der Waals surface area contributed by atoms with Crippen molar-refractivity contribution in [3.05, 3.63) is 188 Å². The summed E-state index contributed by atoms with van der Waals surface area (Å²) in [5.74, 6) is 1.85. The number of hydrogen-bond acceptors (Lipinski definition) is 4. The van der Waals surface area contributed by atoms with Crippen molar-refractivity contribution < 1.29 is 4.42 Å². The lowest BCUT2D eigenvalue weighted by molar-refractivity contribution is 0.669. The molecule has 12 rings (SSSR count). The first kappa shape index (κ1) is 31.5. The minimum Gasteiger partial charge on any atom is -0.456 e. The topological polar surface area (TPSA) is 61.7 Å². The van der Waals surface area contributed by atoms with Gasteiger partial charge < -0.3 is 13.6 Å². The Kier molecular flexibility index (Phi) is 6.83. The van der Waals surface area contributed by atoms with E-state index in [2.05, 4.69) is 124 Å². The van der Waals surface area contributed by atoms with Gasteiger partial charge in [-0.3, -0.25) is 0 Å². The average molecular weight is 730 g/mol. The zero-order valence-corrected chi connectivity index (χ0v) is 30.5. The Labute approximate surface area is 326 Å². The van der Waals surface area contributed by atoms with Crippen LogP contribution in [-0.2, 0) is 0 Å². The number of rotatable bonds is 5. The van der Waals surface area contributed by atoms with Gasteiger partial charge >= 0.3 is 0 Å². The average Bonchev–Trinajstić information content (AvgIpc) is 3.93. The Balaban J connectivity index is 1.19. The molecule has 0 amide bonds. The molecule has 4 heterocycles. The molecule has 0 bridgehead atoms. The van der Waals surface area contributed by atoms with E-state index < -0.39 is 0 Å². The van der Waals surface area contributed by atoms with E-state index in [1.165, 1.54) is 21.5 Å². The molecule has 8 aromatic carbocycles. The summed E-state index contributed by atoms with van der Waals surface area (Å²) in [5.41, 5.74) is 10.9. The molecule has 0 aliphatic rings. The Morgan fingerprint density at radius 3 is 1.37 bits per heavy atom. The summed E-state index contributed by atoms with van der Waals surface area (Å²) in [6.45, 7) is 0. The van der Waals surface area contributed by atoms with Crippen molar-refractivity contribution >= 4 is 65.6 Å². The predicted octanol–water partition coefficient (Wildman–Crippen LogP) is 13.0. The summed E-state index contributed by atoms with van der Waals surface area (Å²) < 4.78 is 11.3. The molecule has 6 heteroatoms. The highest BCUT2D eigenvalue weighted by atomic mass is 16.3. The maximum atomic E-state index is 6.50. The van der Waals surface area contributed by atoms with Gasteiger partial charge in [0.2, 0.25) is 0 Å². The molecule has 0 saturated carbocycles. The Hall–Kier alpha value is -7.83. The molecule has 6 nitrogen and oxygen atoms in total. The highest BCUT2D eigenvalue weighted by Gasteiger charge is 2.22. The van der Waals surface area contributed by atoms with Crippen molar-refractivity contribution in [2.24, 2.45) is 0 Å². The van der Waals surface area contributed by atoms with Gasteiger partial charge in [0.1, 0.15) is 11.2 Å². The van der Waals surface area contributed by atoms with E-state index in [1.807, 2.05) is 72.8 Å². The van der Waals surface area contributed by atoms with Gasteiger partial charge in [0.15, 0.2) is 17.5 Å². The van der Waals surface area contributed by atoms with Crippen molar-refractivity contribution in [2.75, 3.05) is 0 Å². The molecule has 57 heavy (non-hydrogen) atoms. The fourth-order valence-corrected chi connectivity index (χ4v) is 8.60. The van der Waals surface area contributed by atoms with Gasteiger partial charge in [0.05, 0.1) is 33.4 Å². The van der Waals surface area contributed by atoms with Crippen LogP contribution in [0.3, 0.4) is 0 Å². The van der Waals surface area contributed by atoms with Gasteiger partial charge in [-0.05, 0) is 48.5 Å². The Bertz CT molecular complexity index is 3410. The van der Waals surface area contributed by atoms with Gasteiger partial charge in [-0.15, -0.1) is 0 Å². The zero-order chi connectivity index (χ0) is 37.5. The molecule has 4 aromatic heterocycles. The largest absolute Gasteiger partial charge is 0.456 e. The van der Waals surface area contributed by atoms with Gasteiger partial charge in [0, 0.05) is 55.1 Å². The number of hydrogen-bond donors (Lipinski definition) is 0. The third-order valence-corrected chi connectivity index (χ3v) is 11.2. The summed E-state index contributed by atoms with van der Waals surface area (Å²) in [6.07, 6.45) is 0. The van der Waals surface area contributed by atoms with Crippen molar-refractivity contribution in [3.63, 3.8) is 0 Å². The van der Waals surface area contributed by atoms with E-state index in [0.29, 0.717) is 17.5 Å². The van der Waals surface area contributed by atoms with Crippen molar-refractivity contribution in [2.45, 2.75) is 0 Å². The third-order valence-electron chi connectivity index (χ3n) is 11.2. The number of aromatic nitrogens is 5. The van der Waals surface area contributed by atoms with Crippen LogP contribution in [-0.4, -0.2) is 24.1 Å². The van der Waals surface area contributed by atoms with Crippen LogP contribution in [0.15, 0.2) is 192 Å². The normalized spacial score (nSPS) is 11.9. The summed E-state index contributed by atoms with van der Waals surface area (Å²) in [4.78, 5) is 15.3. The second-order valence-electron chi connectivity index (χ2n) is 14.4. The molecule has 0 fully saturated rings. The van der Waals surface area contributed by atoms with Crippen LogP contribution in [0.25, 0.3) is 111 Å². The van der Waals surface area contributed by atoms with E-state index in [0.717, 1.165) is 72.1 Å². The summed E-state index contributed by atoms with van der Waals surface area (Å²) in [5, 5.41) is 6.94. The van der Waals surface area contributed by atoms with Crippen molar-refractivity contribution in [1.29, 1.82) is 0 Å². The van der Waals surface area contributed by atoms with E-state index in [9.17, 15) is 0 Å². The van der Waals surface area contributed by atoms with Crippen LogP contribution in [0.2, 0.25) is 0 Å². The monoisotopic (exact) mass is 729 g/mol. The van der Waals surface area contributed by atoms with E-state index in [4.69, 9.17) is 19.4 Å². The van der Waals surface area contributed by atoms with Crippen LogP contribution in [0.4, 0.5) is 0 Å². The van der Waals surface area contributed by atoms with E-state index >= 15 is 0 Å². The SMILES string of the molecule is c1ccc(-c2nc(-c3ccccc3)nc(-c3ccc(-n4c5ccccc5c5cc6c(cc54)oc4ccccc46)c(-n4c5ccccc5c5ccccc54)c3)n2)cc1. The molecule has 0 N–H and O–H groups in total. The van der Waals surface area contributed by atoms with Crippen LogP contribution in [0.5, 0.6) is 0 Å². The minimum absolute atomic E-state index is 0.600. The molecule has 0 radical (unpaired) electrons. The Morgan fingerprint density at radius 2 is 0.772 bits per heavy atom. The lowest BCUT2D eigenvalue weighted by Crippen LogP contribution is -2.05. The summed E-state index contributed by atoms with van der Waals surface area (Å²) in [6, 6.07) is 65.6. The molecule has 0 aliphatic heterocycles. The smallest absolute Gasteiger partial charge is 0.164 e. The molecular weight excluding hydrogens is 699 g/mol.